The summed E-state index contributed by atoms with van der Waals surface area (Å²) in [5.74, 6) is 0.797. The summed E-state index contributed by atoms with van der Waals surface area (Å²) in [6.45, 7) is 6.23. The predicted octanol–water partition coefficient (Wildman–Crippen LogP) is 3.28. The maximum Gasteiger partial charge on any atom is 0.257 e. The summed E-state index contributed by atoms with van der Waals surface area (Å²) in [6, 6.07) is 11.6. The van der Waals surface area contributed by atoms with Gasteiger partial charge in [-0.25, -0.2) is 0 Å². The minimum atomic E-state index is -0.467. The number of nitrogens with zero attached hydrogens (tertiary/aromatic N) is 1. The number of nitrogens with one attached hydrogen (secondary N) is 4. The highest BCUT2D eigenvalue weighted by Gasteiger charge is 2.41. The van der Waals surface area contributed by atoms with Crippen molar-refractivity contribution in [3.05, 3.63) is 53.1 Å². The predicted molar refractivity (Wildman–Crippen MR) is 128 cm³/mol. The molecule has 8 nitrogen and oxygen atoms in total. The monoisotopic (exact) mass is 447 g/mol. The van der Waals surface area contributed by atoms with E-state index in [1.165, 1.54) is 0 Å². The number of aliphatic imine (C=N–C) groups is 1. The van der Waals surface area contributed by atoms with Crippen LogP contribution in [-0.4, -0.2) is 44.1 Å². The van der Waals surface area contributed by atoms with Gasteiger partial charge in [-0.05, 0) is 74.1 Å². The summed E-state index contributed by atoms with van der Waals surface area (Å²) in [5, 5.41) is 12.5. The van der Waals surface area contributed by atoms with Gasteiger partial charge in [0.05, 0.1) is 25.2 Å². The Labute approximate surface area is 193 Å². The highest BCUT2D eigenvalue weighted by atomic mass is 16.5. The number of rotatable bonds is 6. The number of carbonyl (C=O) groups is 2. The van der Waals surface area contributed by atoms with Crippen molar-refractivity contribution in [3.63, 3.8) is 0 Å². The summed E-state index contributed by atoms with van der Waals surface area (Å²) >= 11 is 0. The molecule has 0 radical (unpaired) electrons. The van der Waals surface area contributed by atoms with E-state index in [9.17, 15) is 9.59 Å². The normalized spacial score (nSPS) is 18.5. The first kappa shape index (κ1) is 21.5. The Morgan fingerprint density at radius 3 is 2.55 bits per heavy atom. The number of guanidine groups is 1. The smallest absolute Gasteiger partial charge is 0.257 e. The van der Waals surface area contributed by atoms with Crippen molar-refractivity contribution in [1.29, 1.82) is 0 Å². The minimum Gasteiger partial charge on any atom is -0.379 e. The van der Waals surface area contributed by atoms with Gasteiger partial charge in [-0.15, -0.1) is 0 Å². The van der Waals surface area contributed by atoms with E-state index < -0.39 is 5.41 Å². The zero-order valence-corrected chi connectivity index (χ0v) is 19.0. The van der Waals surface area contributed by atoms with Crippen LogP contribution in [0.25, 0.3) is 0 Å². The standard InChI is InChI=1S/C25H29N5O3/c1-15-19(4-3-5-20(15)29-23(32)25(2)13-33-14-25)28-21-9-8-17(12-18(21)16-6-7-16)22(31)30-24-26-10-11-27-24/h3-5,8-9,12,16,28H,6-7,10-11,13-14H2,1-2H3,(H,29,32)(H2,26,27,30,31). The van der Waals surface area contributed by atoms with Gasteiger partial charge < -0.3 is 20.7 Å². The van der Waals surface area contributed by atoms with Gasteiger partial charge in [-0.1, -0.05) is 6.07 Å². The highest BCUT2D eigenvalue weighted by Crippen LogP contribution is 2.45. The fourth-order valence-electron chi connectivity index (χ4n) is 4.08. The van der Waals surface area contributed by atoms with Crippen LogP contribution in [0.5, 0.6) is 0 Å². The molecule has 5 rings (SSSR count). The zero-order valence-electron chi connectivity index (χ0n) is 19.0. The van der Waals surface area contributed by atoms with E-state index in [2.05, 4.69) is 26.3 Å². The summed E-state index contributed by atoms with van der Waals surface area (Å²) < 4.78 is 5.22. The number of ether oxygens (including phenoxy) is 1. The highest BCUT2D eigenvalue weighted by molar-refractivity contribution is 6.06. The Balaban J connectivity index is 1.35. The van der Waals surface area contributed by atoms with E-state index in [0.717, 1.165) is 47.6 Å². The van der Waals surface area contributed by atoms with Gasteiger partial charge in [0.25, 0.3) is 5.91 Å². The molecule has 2 fully saturated rings. The Bertz CT molecular complexity index is 1130. The van der Waals surface area contributed by atoms with E-state index in [1.54, 1.807) is 0 Å². The number of benzene rings is 2. The van der Waals surface area contributed by atoms with Crippen molar-refractivity contribution in [2.75, 3.05) is 36.9 Å². The fraction of sp³-hybridized carbons (Fsp3) is 0.400. The number of amides is 2. The second-order valence-corrected chi connectivity index (χ2v) is 9.30. The molecule has 1 saturated carbocycles. The molecule has 0 spiro atoms. The minimum absolute atomic E-state index is 0.0237. The molecular weight excluding hydrogens is 418 g/mol. The molecule has 2 amide bonds. The molecule has 8 heteroatoms. The third kappa shape index (κ3) is 4.43. The Morgan fingerprint density at radius 1 is 1.09 bits per heavy atom. The molecular formula is C25H29N5O3. The molecule has 0 unspecified atom stereocenters. The van der Waals surface area contributed by atoms with E-state index in [4.69, 9.17) is 4.74 Å². The van der Waals surface area contributed by atoms with Crippen molar-refractivity contribution in [1.82, 2.24) is 10.6 Å². The summed E-state index contributed by atoms with van der Waals surface area (Å²) in [6.07, 6.45) is 2.23. The van der Waals surface area contributed by atoms with Crippen LogP contribution in [0.1, 0.15) is 47.2 Å². The Hall–Kier alpha value is -3.39. The lowest BCUT2D eigenvalue weighted by Crippen LogP contribution is -2.49. The molecule has 2 heterocycles. The molecule has 2 aromatic rings. The van der Waals surface area contributed by atoms with Gasteiger partial charge >= 0.3 is 0 Å². The first-order valence-corrected chi connectivity index (χ1v) is 11.4. The molecule has 0 atom stereocenters. The van der Waals surface area contributed by atoms with E-state index in [-0.39, 0.29) is 11.8 Å². The van der Waals surface area contributed by atoms with Gasteiger partial charge in [0.1, 0.15) is 0 Å². The summed E-state index contributed by atoms with van der Waals surface area (Å²) in [4.78, 5) is 29.6. The van der Waals surface area contributed by atoms with Crippen LogP contribution in [0.3, 0.4) is 0 Å². The summed E-state index contributed by atoms with van der Waals surface area (Å²) in [7, 11) is 0. The van der Waals surface area contributed by atoms with Crippen LogP contribution in [0.15, 0.2) is 41.4 Å². The molecule has 2 aromatic carbocycles. The van der Waals surface area contributed by atoms with E-state index in [0.29, 0.717) is 37.2 Å². The first-order valence-electron chi connectivity index (χ1n) is 11.4. The largest absolute Gasteiger partial charge is 0.379 e. The van der Waals surface area contributed by atoms with Crippen LogP contribution >= 0.6 is 0 Å². The number of carbonyl (C=O) groups excluding carboxylic acids is 2. The van der Waals surface area contributed by atoms with Crippen LogP contribution in [0.2, 0.25) is 0 Å². The molecule has 33 heavy (non-hydrogen) atoms. The van der Waals surface area contributed by atoms with Gasteiger partial charge in [0.2, 0.25) is 5.91 Å². The zero-order chi connectivity index (χ0) is 23.0. The molecule has 0 bridgehead atoms. The molecule has 0 aromatic heterocycles. The second kappa shape index (κ2) is 8.51. The second-order valence-electron chi connectivity index (χ2n) is 9.30. The lowest BCUT2D eigenvalue weighted by Gasteiger charge is -2.36. The quantitative estimate of drug-likeness (QED) is 0.544. The third-order valence-corrected chi connectivity index (χ3v) is 6.48. The van der Waals surface area contributed by atoms with Gasteiger partial charge in [-0.3, -0.25) is 19.9 Å². The average Bonchev–Trinajstić information content (AvgIpc) is 3.51. The van der Waals surface area contributed by atoms with Crippen molar-refractivity contribution in [2.45, 2.75) is 32.6 Å². The topological polar surface area (TPSA) is 104 Å². The van der Waals surface area contributed by atoms with Gasteiger partial charge in [0.15, 0.2) is 5.96 Å². The van der Waals surface area contributed by atoms with Crippen LogP contribution in [-0.2, 0) is 9.53 Å². The Morgan fingerprint density at radius 2 is 1.88 bits per heavy atom. The lowest BCUT2D eigenvalue weighted by atomic mass is 9.87. The fourth-order valence-corrected chi connectivity index (χ4v) is 4.08. The van der Waals surface area contributed by atoms with Crippen LogP contribution in [0.4, 0.5) is 17.1 Å². The van der Waals surface area contributed by atoms with Gasteiger partial charge in [0, 0.05) is 29.2 Å². The van der Waals surface area contributed by atoms with Gasteiger partial charge in [-0.2, -0.15) is 0 Å². The SMILES string of the molecule is Cc1c(NC(=O)C2(C)COC2)cccc1Nc1ccc(C(=O)NC2=NCCN2)cc1C1CC1. The third-order valence-electron chi connectivity index (χ3n) is 6.48. The maximum atomic E-state index is 12.7. The average molecular weight is 448 g/mol. The summed E-state index contributed by atoms with van der Waals surface area (Å²) in [5.41, 5.74) is 4.94. The van der Waals surface area contributed by atoms with Crippen molar-refractivity contribution < 1.29 is 14.3 Å². The van der Waals surface area contributed by atoms with Crippen molar-refractivity contribution >= 4 is 34.8 Å². The van der Waals surface area contributed by atoms with E-state index in [1.807, 2.05) is 50.2 Å². The van der Waals surface area contributed by atoms with Crippen molar-refractivity contribution in [2.24, 2.45) is 10.4 Å². The number of hydrogen-bond donors (Lipinski definition) is 4. The molecule has 3 aliphatic rings. The first-order chi connectivity index (χ1) is 15.9. The number of anilines is 3. The number of hydrogen-bond acceptors (Lipinski definition) is 6. The molecule has 1 saturated heterocycles. The van der Waals surface area contributed by atoms with E-state index >= 15 is 0 Å². The molecule has 1 aliphatic carbocycles. The maximum absolute atomic E-state index is 12.7. The molecule has 2 aliphatic heterocycles. The van der Waals surface area contributed by atoms with Crippen LogP contribution < -0.4 is 21.3 Å². The van der Waals surface area contributed by atoms with Crippen LogP contribution in [0, 0.1) is 12.3 Å². The lowest BCUT2D eigenvalue weighted by molar-refractivity contribution is -0.151. The molecule has 172 valence electrons. The Kier molecular flexibility index (Phi) is 5.54. The van der Waals surface area contributed by atoms with Crippen molar-refractivity contribution in [3.8, 4) is 0 Å². The molecule has 4 N–H and O–H groups in total.